The predicted octanol–water partition coefficient (Wildman–Crippen LogP) is 5.56. The number of aryl methyl sites for hydroxylation is 2. The number of hydrogen-bond acceptors (Lipinski definition) is 7. The second-order valence-corrected chi connectivity index (χ2v) is 10.5. The Morgan fingerprint density at radius 3 is 2.34 bits per heavy atom. The van der Waals surface area contributed by atoms with E-state index in [1.807, 2.05) is 0 Å². The largest absolute Gasteiger partial charge is 0.480 e. The van der Waals surface area contributed by atoms with E-state index in [1.54, 1.807) is 31.2 Å². The molecule has 0 amide bonds. The highest BCUT2D eigenvalue weighted by Gasteiger charge is 2.35. The van der Waals surface area contributed by atoms with Gasteiger partial charge in [0.1, 0.15) is 22.7 Å². The molecule has 0 bridgehead atoms. The summed E-state index contributed by atoms with van der Waals surface area (Å²) >= 11 is 0. The molecule has 4 heterocycles. The topological polar surface area (TPSA) is 112 Å². The van der Waals surface area contributed by atoms with Crippen LogP contribution >= 0.6 is 0 Å². The van der Waals surface area contributed by atoms with Crippen molar-refractivity contribution in [1.29, 1.82) is 5.41 Å². The second-order valence-electron chi connectivity index (χ2n) is 10.5. The van der Waals surface area contributed by atoms with Crippen LogP contribution in [0.1, 0.15) is 47.8 Å². The number of methoxy groups -OCH3 is 1. The molecule has 1 N–H and O–H groups in total. The molecule has 5 aromatic rings. The van der Waals surface area contributed by atoms with Gasteiger partial charge in [-0.3, -0.25) is 14.5 Å². The third-order valence-electron chi connectivity index (χ3n) is 7.32. The van der Waals surface area contributed by atoms with E-state index in [2.05, 4.69) is 24.9 Å². The lowest BCUT2D eigenvalue weighted by Gasteiger charge is -2.13. The first-order valence-corrected chi connectivity index (χ1v) is 13.4. The maximum absolute atomic E-state index is 14.8. The van der Waals surface area contributed by atoms with Crippen molar-refractivity contribution in [1.82, 2.24) is 38.6 Å². The quantitative estimate of drug-likeness (QED) is 0.228. The van der Waals surface area contributed by atoms with Gasteiger partial charge in [-0.15, -0.1) is 0 Å². The zero-order valence-corrected chi connectivity index (χ0v) is 23.6. The molecule has 4 aromatic heterocycles. The van der Waals surface area contributed by atoms with E-state index in [1.165, 1.54) is 29.5 Å². The molecular formula is C28H25F6N9O. The second kappa shape index (κ2) is 10.7. The van der Waals surface area contributed by atoms with Crippen LogP contribution < -0.4 is 10.4 Å². The molecule has 1 atom stereocenters. The Morgan fingerprint density at radius 2 is 1.75 bits per heavy atom. The number of aromatic nitrogens is 8. The van der Waals surface area contributed by atoms with Gasteiger partial charge in [-0.05, 0) is 25.3 Å². The summed E-state index contributed by atoms with van der Waals surface area (Å²) in [6.07, 6.45) is -7.01. The summed E-state index contributed by atoms with van der Waals surface area (Å²) < 4.78 is 89.9. The fourth-order valence-corrected chi connectivity index (χ4v) is 5.10. The van der Waals surface area contributed by atoms with Crippen LogP contribution in [0.4, 0.5) is 26.3 Å². The van der Waals surface area contributed by atoms with Crippen molar-refractivity contribution in [3.8, 4) is 28.7 Å². The summed E-state index contributed by atoms with van der Waals surface area (Å²) in [5.74, 6) is 1.07. The molecule has 0 aliphatic heterocycles. The van der Waals surface area contributed by atoms with Gasteiger partial charge < -0.3 is 9.30 Å². The first-order chi connectivity index (χ1) is 20.9. The van der Waals surface area contributed by atoms with Crippen LogP contribution in [0, 0.1) is 12.3 Å². The van der Waals surface area contributed by atoms with Gasteiger partial charge in [0, 0.05) is 24.7 Å². The van der Waals surface area contributed by atoms with Gasteiger partial charge in [0.05, 0.1) is 25.5 Å². The van der Waals surface area contributed by atoms with Crippen molar-refractivity contribution >= 4 is 11.2 Å². The molecular weight excluding hydrogens is 592 g/mol. The van der Waals surface area contributed by atoms with Crippen molar-refractivity contribution in [2.75, 3.05) is 7.11 Å². The number of benzene rings is 1. The molecule has 1 unspecified atom stereocenters. The molecule has 1 fully saturated rings. The predicted molar refractivity (Wildman–Crippen MR) is 145 cm³/mol. The van der Waals surface area contributed by atoms with Gasteiger partial charge in [-0.25, -0.2) is 33.1 Å². The van der Waals surface area contributed by atoms with E-state index in [4.69, 9.17) is 10.1 Å². The molecule has 1 aromatic carbocycles. The van der Waals surface area contributed by atoms with E-state index in [-0.39, 0.29) is 41.2 Å². The smallest absolute Gasteiger partial charge is 0.434 e. The highest BCUT2D eigenvalue weighted by Crippen LogP contribution is 2.45. The van der Waals surface area contributed by atoms with Gasteiger partial charge >= 0.3 is 6.18 Å². The zero-order valence-electron chi connectivity index (χ0n) is 23.6. The lowest BCUT2D eigenvalue weighted by molar-refractivity contribution is -0.140. The Balaban J connectivity index is 1.45. The summed E-state index contributed by atoms with van der Waals surface area (Å²) in [6.45, 7) is 1.63. The average molecular weight is 618 g/mol. The summed E-state index contributed by atoms with van der Waals surface area (Å²) in [6, 6.07) is 6.29. The Morgan fingerprint density at radius 1 is 1.05 bits per heavy atom. The number of ether oxygens (including phenoxy) is 1. The summed E-state index contributed by atoms with van der Waals surface area (Å²) in [7, 11) is 2.88. The van der Waals surface area contributed by atoms with Crippen LogP contribution in [0.5, 0.6) is 5.88 Å². The maximum atomic E-state index is 14.8. The molecule has 1 aliphatic rings. The van der Waals surface area contributed by atoms with E-state index in [0.717, 1.165) is 19.0 Å². The van der Waals surface area contributed by atoms with E-state index < -0.39 is 30.2 Å². The maximum Gasteiger partial charge on any atom is 0.434 e. The molecule has 230 valence electrons. The number of halogens is 6. The SMILES string of the molecule is COc1nc(C)nc(C2CC2)c1-c1ncc2c(n1)n(Cc1ccc(-c3nc(C(F)(F)F)cn3C)cc1)c(=N)n2C(F)C(F)F. The molecule has 1 saturated carbocycles. The lowest BCUT2D eigenvalue weighted by Crippen LogP contribution is -2.29. The monoisotopic (exact) mass is 617 g/mol. The Bertz CT molecular complexity index is 1920. The summed E-state index contributed by atoms with van der Waals surface area (Å²) in [5.41, 5.74) is 0.312. The Labute approximate surface area is 245 Å². The fourth-order valence-electron chi connectivity index (χ4n) is 5.10. The van der Waals surface area contributed by atoms with Crippen molar-refractivity contribution in [3.05, 3.63) is 65.1 Å². The minimum atomic E-state index is -4.60. The number of hydrogen-bond donors (Lipinski definition) is 1. The number of alkyl halides is 6. The third kappa shape index (κ3) is 5.17. The van der Waals surface area contributed by atoms with Gasteiger partial charge in [-0.1, -0.05) is 24.3 Å². The van der Waals surface area contributed by atoms with Gasteiger partial charge in [0.25, 0.3) is 6.43 Å². The minimum absolute atomic E-state index is 0.00988. The first-order valence-electron chi connectivity index (χ1n) is 13.4. The summed E-state index contributed by atoms with van der Waals surface area (Å²) in [5, 5.41) is 8.63. The van der Waals surface area contributed by atoms with Crippen LogP contribution in [-0.4, -0.2) is 52.2 Å². The minimum Gasteiger partial charge on any atom is -0.480 e. The fraction of sp³-hybridized carbons (Fsp3) is 0.357. The highest BCUT2D eigenvalue weighted by molar-refractivity contribution is 5.76. The number of imidazole rings is 2. The van der Waals surface area contributed by atoms with Gasteiger partial charge in [-0.2, -0.15) is 18.2 Å². The molecule has 0 radical (unpaired) electrons. The van der Waals surface area contributed by atoms with E-state index >= 15 is 0 Å². The molecule has 16 heteroatoms. The first kappa shape index (κ1) is 29.3. The van der Waals surface area contributed by atoms with Crippen LogP contribution in [0.3, 0.4) is 0 Å². The molecule has 10 nitrogen and oxygen atoms in total. The molecule has 1 aliphatic carbocycles. The van der Waals surface area contributed by atoms with Crippen LogP contribution in [-0.2, 0) is 19.8 Å². The van der Waals surface area contributed by atoms with Crippen molar-refractivity contribution in [3.63, 3.8) is 0 Å². The normalized spacial score (nSPS) is 14.5. The van der Waals surface area contributed by atoms with Gasteiger partial charge in [0.15, 0.2) is 17.2 Å². The number of nitrogens with zero attached hydrogens (tertiary/aromatic N) is 8. The van der Waals surface area contributed by atoms with Gasteiger partial charge in [0.2, 0.25) is 17.8 Å². The van der Waals surface area contributed by atoms with Crippen molar-refractivity contribution < 1.29 is 31.1 Å². The number of fused-ring (bicyclic) bond motifs is 1. The molecule has 0 saturated heterocycles. The lowest BCUT2D eigenvalue weighted by atomic mass is 10.1. The molecule has 44 heavy (non-hydrogen) atoms. The number of rotatable bonds is 8. The zero-order chi connectivity index (χ0) is 31.5. The van der Waals surface area contributed by atoms with E-state index in [9.17, 15) is 26.3 Å². The molecule has 6 rings (SSSR count). The standard InChI is InChI=1S/C28H25F6N9O/c1-13-37-20(15-8-9-15)19(26(38-13)44-3)23-36-10-17-25(40-23)42(27(35)43(17)22(31)21(29)30)11-14-4-6-16(7-5-14)24-39-18(12-41(24)2)28(32,33)34/h4-7,10,12,15,21-22,35H,8-9,11H2,1-3H3. The van der Waals surface area contributed by atoms with E-state index in [0.29, 0.717) is 32.8 Å². The van der Waals surface area contributed by atoms with Crippen molar-refractivity contribution in [2.45, 2.75) is 51.1 Å². The molecule has 0 spiro atoms. The highest BCUT2D eigenvalue weighted by atomic mass is 19.4. The van der Waals surface area contributed by atoms with Crippen LogP contribution in [0.25, 0.3) is 33.9 Å². The summed E-state index contributed by atoms with van der Waals surface area (Å²) in [4.78, 5) is 21.5. The average Bonchev–Trinajstić information content (AvgIpc) is 3.70. The Kier molecular flexibility index (Phi) is 7.16. The van der Waals surface area contributed by atoms with Crippen molar-refractivity contribution in [2.24, 2.45) is 7.05 Å². The van der Waals surface area contributed by atoms with Crippen LogP contribution in [0.15, 0.2) is 36.7 Å². The van der Waals surface area contributed by atoms with Crippen LogP contribution in [0.2, 0.25) is 0 Å². The third-order valence-corrected chi connectivity index (χ3v) is 7.32. The Hall–Kier alpha value is -4.76. The number of nitrogens with one attached hydrogen (secondary N) is 1.